The number of carbonyl (C=O) groups is 1. The van der Waals surface area contributed by atoms with Crippen LogP contribution in [0.1, 0.15) is 44.9 Å². The zero-order valence-electron chi connectivity index (χ0n) is 21.1. The Labute approximate surface area is 226 Å². The number of halogens is 1. The van der Waals surface area contributed by atoms with E-state index in [1.54, 1.807) is 32.1 Å². The van der Waals surface area contributed by atoms with E-state index in [4.69, 9.17) is 14.2 Å². The molecule has 1 aromatic heterocycles. The molecule has 194 valence electrons. The number of phenolic OH excluding ortho intramolecular Hbond substituents is 1. The number of hydrogen-bond acceptors (Lipinski definition) is 8. The van der Waals surface area contributed by atoms with Gasteiger partial charge in [-0.05, 0) is 73.5 Å². The van der Waals surface area contributed by atoms with Crippen molar-refractivity contribution in [2.45, 2.75) is 39.8 Å². The van der Waals surface area contributed by atoms with E-state index in [0.717, 1.165) is 0 Å². The Kier molecular flexibility index (Phi) is 7.89. The Balaban J connectivity index is 1.98. The quantitative estimate of drug-likeness (QED) is 0.419. The summed E-state index contributed by atoms with van der Waals surface area (Å²) in [6.07, 6.45) is 1.59. The summed E-state index contributed by atoms with van der Waals surface area (Å²) in [5.74, 6) is 0.277. The van der Waals surface area contributed by atoms with Crippen LogP contribution in [0.2, 0.25) is 0 Å². The number of carbonyl (C=O) groups excluding carboxylic acids is 1. The van der Waals surface area contributed by atoms with E-state index in [-0.39, 0.29) is 35.3 Å². The highest BCUT2D eigenvalue weighted by atomic mass is 79.9. The maximum absolute atomic E-state index is 13.8. The molecule has 0 amide bonds. The third-order valence-electron chi connectivity index (χ3n) is 5.66. The molecule has 0 fully saturated rings. The molecule has 4 rings (SSSR count). The number of phenols is 1. The number of para-hydroxylation sites is 1. The molecule has 0 saturated carbocycles. The van der Waals surface area contributed by atoms with Crippen LogP contribution >= 0.6 is 27.3 Å². The third-order valence-corrected chi connectivity index (χ3v) is 7.25. The van der Waals surface area contributed by atoms with Crippen LogP contribution in [-0.4, -0.2) is 35.5 Å². The van der Waals surface area contributed by atoms with Crippen LogP contribution in [0.5, 0.6) is 17.2 Å². The van der Waals surface area contributed by atoms with Gasteiger partial charge in [-0.3, -0.25) is 9.36 Å². The summed E-state index contributed by atoms with van der Waals surface area (Å²) in [6, 6.07) is 9.90. The number of benzene rings is 2. The number of allylic oxidation sites excluding steroid dienone is 1. The molecule has 1 N–H and O–H groups in total. The van der Waals surface area contributed by atoms with E-state index >= 15 is 0 Å². The second-order valence-corrected chi connectivity index (χ2v) is 10.4. The molecule has 1 atom stereocenters. The normalized spacial score (nSPS) is 15.4. The van der Waals surface area contributed by atoms with Gasteiger partial charge in [0.1, 0.15) is 11.8 Å². The standard InChI is InChI=1S/C27H27BrN2O6S/c1-6-35-26(33)22-15(4)29-27-30(23(22)17-9-7-8-10-19(17)36-14(2)3)25(32)21(37-27)13-16-11-18(28)24(31)20(12-16)34-5/h7-14,23,31H,6H2,1-5H3. The first-order valence-corrected chi connectivity index (χ1v) is 13.3. The fourth-order valence-corrected chi connectivity index (χ4v) is 5.64. The first-order valence-electron chi connectivity index (χ1n) is 11.7. The van der Waals surface area contributed by atoms with Gasteiger partial charge in [-0.1, -0.05) is 29.5 Å². The van der Waals surface area contributed by atoms with Crippen molar-refractivity contribution in [2.24, 2.45) is 4.99 Å². The minimum atomic E-state index is -0.784. The predicted molar refractivity (Wildman–Crippen MR) is 145 cm³/mol. The lowest BCUT2D eigenvalue weighted by molar-refractivity contribution is -0.139. The number of thiazole rings is 1. The van der Waals surface area contributed by atoms with Crippen LogP contribution in [0, 0.1) is 0 Å². The third kappa shape index (κ3) is 5.21. The number of aromatic nitrogens is 1. The monoisotopic (exact) mass is 586 g/mol. The average Bonchev–Trinajstić information content (AvgIpc) is 3.14. The molecule has 0 radical (unpaired) electrons. The van der Waals surface area contributed by atoms with Crippen molar-refractivity contribution < 1.29 is 24.1 Å². The van der Waals surface area contributed by atoms with Crippen LogP contribution in [0.4, 0.5) is 0 Å². The summed E-state index contributed by atoms with van der Waals surface area (Å²) in [5.41, 5.74) is 1.76. The molecular weight excluding hydrogens is 560 g/mol. The van der Waals surface area contributed by atoms with Crippen molar-refractivity contribution in [3.8, 4) is 17.2 Å². The number of esters is 1. The molecule has 10 heteroatoms. The van der Waals surface area contributed by atoms with Gasteiger partial charge in [-0.15, -0.1) is 0 Å². The highest BCUT2D eigenvalue weighted by Crippen LogP contribution is 2.37. The van der Waals surface area contributed by atoms with Gasteiger partial charge in [0.15, 0.2) is 16.3 Å². The smallest absolute Gasteiger partial charge is 0.338 e. The number of rotatable bonds is 7. The van der Waals surface area contributed by atoms with Crippen LogP contribution in [0.25, 0.3) is 6.08 Å². The zero-order chi connectivity index (χ0) is 26.9. The molecule has 0 aliphatic carbocycles. The second-order valence-electron chi connectivity index (χ2n) is 8.56. The van der Waals surface area contributed by atoms with Gasteiger partial charge < -0.3 is 19.3 Å². The van der Waals surface area contributed by atoms with Crippen molar-refractivity contribution in [1.82, 2.24) is 4.57 Å². The number of ether oxygens (including phenoxy) is 3. The molecule has 1 aliphatic rings. The highest BCUT2D eigenvalue weighted by molar-refractivity contribution is 9.10. The largest absolute Gasteiger partial charge is 0.503 e. The number of methoxy groups -OCH3 is 1. The van der Waals surface area contributed by atoms with Crippen LogP contribution in [-0.2, 0) is 9.53 Å². The lowest BCUT2D eigenvalue weighted by Gasteiger charge is -2.26. The van der Waals surface area contributed by atoms with Gasteiger partial charge >= 0.3 is 5.97 Å². The molecule has 0 bridgehead atoms. The molecular formula is C27H27BrN2O6S. The van der Waals surface area contributed by atoms with Crippen LogP contribution < -0.4 is 24.4 Å². The second kappa shape index (κ2) is 10.9. The van der Waals surface area contributed by atoms with E-state index in [1.165, 1.54) is 23.0 Å². The molecule has 1 aliphatic heterocycles. The summed E-state index contributed by atoms with van der Waals surface area (Å²) in [4.78, 5) is 32.1. The molecule has 0 saturated heterocycles. The molecule has 8 nitrogen and oxygen atoms in total. The zero-order valence-corrected chi connectivity index (χ0v) is 23.5. The van der Waals surface area contributed by atoms with Crippen molar-refractivity contribution >= 4 is 39.3 Å². The van der Waals surface area contributed by atoms with Crippen LogP contribution in [0.15, 0.2) is 61.9 Å². The Hall–Kier alpha value is -3.37. The Morgan fingerprint density at radius 2 is 2.00 bits per heavy atom. The van der Waals surface area contributed by atoms with Crippen molar-refractivity contribution in [3.63, 3.8) is 0 Å². The number of aromatic hydroxyl groups is 1. The van der Waals surface area contributed by atoms with E-state index < -0.39 is 12.0 Å². The average molecular weight is 587 g/mol. The Morgan fingerprint density at radius 1 is 1.27 bits per heavy atom. The number of fused-ring (bicyclic) bond motifs is 1. The Morgan fingerprint density at radius 3 is 2.68 bits per heavy atom. The van der Waals surface area contributed by atoms with Gasteiger partial charge in [0.2, 0.25) is 0 Å². The lowest BCUT2D eigenvalue weighted by atomic mass is 9.95. The number of nitrogens with zero attached hydrogens (tertiary/aromatic N) is 2. The van der Waals surface area contributed by atoms with Crippen molar-refractivity contribution in [3.05, 3.63) is 83.0 Å². The molecule has 1 unspecified atom stereocenters. The maximum Gasteiger partial charge on any atom is 0.338 e. The maximum atomic E-state index is 13.8. The van der Waals surface area contributed by atoms with Gasteiger partial charge in [-0.25, -0.2) is 9.79 Å². The van der Waals surface area contributed by atoms with E-state index in [9.17, 15) is 14.7 Å². The van der Waals surface area contributed by atoms with Crippen molar-refractivity contribution in [2.75, 3.05) is 13.7 Å². The topological polar surface area (TPSA) is 99.4 Å². The van der Waals surface area contributed by atoms with E-state index in [1.807, 2.05) is 38.1 Å². The predicted octanol–water partition coefficient (Wildman–Crippen LogP) is 4.06. The minimum absolute atomic E-state index is 0.0300. The van der Waals surface area contributed by atoms with Crippen LogP contribution in [0.3, 0.4) is 0 Å². The summed E-state index contributed by atoms with van der Waals surface area (Å²) in [7, 11) is 1.45. The van der Waals surface area contributed by atoms with E-state index in [0.29, 0.717) is 36.4 Å². The minimum Gasteiger partial charge on any atom is -0.503 e. The lowest BCUT2D eigenvalue weighted by Crippen LogP contribution is -2.40. The highest BCUT2D eigenvalue weighted by Gasteiger charge is 2.35. The van der Waals surface area contributed by atoms with Gasteiger partial charge in [0, 0.05) is 5.56 Å². The SMILES string of the molecule is CCOC(=O)C1=C(C)N=c2sc(=Cc3cc(Br)c(O)c(OC)c3)c(=O)n2C1c1ccccc1OC(C)C. The summed E-state index contributed by atoms with van der Waals surface area (Å²) in [6.45, 7) is 7.50. The van der Waals surface area contributed by atoms with Crippen molar-refractivity contribution in [1.29, 1.82) is 0 Å². The van der Waals surface area contributed by atoms with Gasteiger partial charge in [0.05, 0.1) is 40.1 Å². The molecule has 37 heavy (non-hydrogen) atoms. The number of hydrogen-bond donors (Lipinski definition) is 1. The molecule has 0 spiro atoms. The fourth-order valence-electron chi connectivity index (χ4n) is 4.14. The molecule has 3 aromatic rings. The Bertz CT molecular complexity index is 1570. The summed E-state index contributed by atoms with van der Waals surface area (Å²) >= 11 is 4.53. The summed E-state index contributed by atoms with van der Waals surface area (Å²) in [5, 5.41) is 10.2. The van der Waals surface area contributed by atoms with Gasteiger partial charge in [-0.2, -0.15) is 0 Å². The summed E-state index contributed by atoms with van der Waals surface area (Å²) < 4.78 is 19.0. The molecule has 2 heterocycles. The first kappa shape index (κ1) is 26.7. The van der Waals surface area contributed by atoms with Gasteiger partial charge in [0.25, 0.3) is 5.56 Å². The molecule has 2 aromatic carbocycles. The van der Waals surface area contributed by atoms with E-state index in [2.05, 4.69) is 20.9 Å². The first-order chi connectivity index (χ1) is 17.7. The fraction of sp³-hybridized carbons (Fsp3) is 0.296.